The zero-order chi connectivity index (χ0) is 13.4. The lowest BCUT2D eigenvalue weighted by atomic mass is 10.2. The second-order valence-electron chi connectivity index (χ2n) is 3.69. The number of rotatable bonds is 8. The van der Waals surface area contributed by atoms with Gasteiger partial charge in [0.1, 0.15) is 0 Å². The van der Waals surface area contributed by atoms with E-state index in [1.54, 1.807) is 0 Å². The van der Waals surface area contributed by atoms with Crippen LogP contribution in [-0.2, 0) is 18.6 Å². The molecule has 0 aliphatic rings. The summed E-state index contributed by atoms with van der Waals surface area (Å²) in [5, 5.41) is 1.85. The Morgan fingerprint density at radius 3 is 2.00 bits per heavy atom. The lowest BCUT2D eigenvalue weighted by molar-refractivity contribution is 0.0859. The van der Waals surface area contributed by atoms with Crippen molar-refractivity contribution >= 4 is 29.9 Å². The van der Waals surface area contributed by atoms with Crippen LogP contribution in [0.1, 0.15) is 26.3 Å². The van der Waals surface area contributed by atoms with Gasteiger partial charge in [0, 0.05) is 30.3 Å². The average Bonchev–Trinajstić information content (AvgIpc) is 2.39. The molecule has 0 aliphatic heterocycles. The average molecular weight is 333 g/mol. The molecule has 102 valence electrons. The fourth-order valence-corrected chi connectivity index (χ4v) is 4.69. The molecule has 3 nitrogen and oxygen atoms in total. The minimum Gasteiger partial charge on any atom is -0.370 e. The van der Waals surface area contributed by atoms with Gasteiger partial charge in [-0.2, -0.15) is 0 Å². The van der Waals surface area contributed by atoms with Gasteiger partial charge in [-0.05, 0) is 26.3 Å². The summed E-state index contributed by atoms with van der Waals surface area (Å²) in [6, 6.07) is 8.22. The van der Waals surface area contributed by atoms with Crippen LogP contribution in [0.4, 0.5) is 0 Å². The van der Waals surface area contributed by atoms with Gasteiger partial charge in [0.2, 0.25) is 0 Å². The van der Waals surface area contributed by atoms with E-state index in [-0.39, 0.29) is 0 Å². The molecule has 0 spiro atoms. The Kier molecular flexibility index (Phi) is 7.10. The van der Waals surface area contributed by atoms with Gasteiger partial charge in [-0.1, -0.05) is 40.2 Å². The topological polar surface area (TPSA) is 27.7 Å². The van der Waals surface area contributed by atoms with Gasteiger partial charge in [-0.3, -0.25) is 0 Å². The monoisotopic (exact) mass is 332 g/mol. The van der Waals surface area contributed by atoms with Gasteiger partial charge in [-0.25, -0.2) is 0 Å². The SMILES string of the molecule is CCO[Si](OCC)(OCC)c1cccc(CBr)c1. The fourth-order valence-electron chi connectivity index (χ4n) is 1.79. The van der Waals surface area contributed by atoms with Gasteiger partial charge < -0.3 is 13.3 Å². The highest BCUT2D eigenvalue weighted by atomic mass is 79.9. The minimum atomic E-state index is -2.74. The number of halogens is 1. The molecule has 18 heavy (non-hydrogen) atoms. The van der Waals surface area contributed by atoms with Crippen molar-refractivity contribution in [3.8, 4) is 0 Å². The summed E-state index contributed by atoms with van der Waals surface area (Å²) in [5.41, 5.74) is 1.20. The van der Waals surface area contributed by atoms with Gasteiger partial charge in [0.25, 0.3) is 0 Å². The highest BCUT2D eigenvalue weighted by Crippen LogP contribution is 2.13. The van der Waals surface area contributed by atoms with Crippen LogP contribution in [0.15, 0.2) is 24.3 Å². The highest BCUT2D eigenvalue weighted by Gasteiger charge is 2.43. The molecule has 0 atom stereocenters. The summed E-state index contributed by atoms with van der Waals surface area (Å²) in [7, 11) is -2.74. The molecular weight excluding hydrogens is 312 g/mol. The predicted molar refractivity (Wildman–Crippen MR) is 79.3 cm³/mol. The molecular formula is C13H21BrO3Si. The number of hydrogen-bond acceptors (Lipinski definition) is 3. The molecule has 0 unspecified atom stereocenters. The van der Waals surface area contributed by atoms with Gasteiger partial charge in [0.05, 0.1) is 0 Å². The van der Waals surface area contributed by atoms with Crippen LogP contribution in [0.2, 0.25) is 0 Å². The van der Waals surface area contributed by atoms with Crippen molar-refractivity contribution < 1.29 is 13.3 Å². The number of alkyl halides is 1. The van der Waals surface area contributed by atoms with Gasteiger partial charge >= 0.3 is 8.80 Å². The first kappa shape index (κ1) is 15.9. The molecule has 0 fully saturated rings. The first-order valence-corrected chi connectivity index (χ1v) is 9.14. The lowest BCUT2D eigenvalue weighted by Crippen LogP contribution is -2.57. The van der Waals surface area contributed by atoms with Crippen molar-refractivity contribution in [2.24, 2.45) is 0 Å². The van der Waals surface area contributed by atoms with E-state index < -0.39 is 8.80 Å². The summed E-state index contributed by atoms with van der Waals surface area (Å²) in [6.45, 7) is 7.66. The summed E-state index contributed by atoms with van der Waals surface area (Å²) in [6.07, 6.45) is 0. The van der Waals surface area contributed by atoms with E-state index in [0.29, 0.717) is 19.8 Å². The largest absolute Gasteiger partial charge is 0.537 e. The molecule has 1 aromatic rings. The Labute approximate surface area is 119 Å². The normalized spacial score (nSPS) is 11.8. The molecule has 0 heterocycles. The maximum Gasteiger partial charge on any atom is 0.537 e. The van der Waals surface area contributed by atoms with Crippen LogP contribution in [0, 0.1) is 0 Å². The van der Waals surface area contributed by atoms with E-state index >= 15 is 0 Å². The maximum atomic E-state index is 5.88. The molecule has 0 radical (unpaired) electrons. The predicted octanol–water partition coefficient (Wildman–Crippen LogP) is 2.84. The molecule has 0 saturated carbocycles. The molecule has 0 amide bonds. The Morgan fingerprint density at radius 2 is 1.56 bits per heavy atom. The molecule has 0 saturated heterocycles. The summed E-state index contributed by atoms with van der Waals surface area (Å²) >= 11 is 3.47. The van der Waals surface area contributed by atoms with E-state index in [1.807, 2.05) is 32.9 Å². The van der Waals surface area contributed by atoms with Crippen molar-refractivity contribution in [3.63, 3.8) is 0 Å². The Hall–Kier alpha value is -0.203. The zero-order valence-corrected chi connectivity index (χ0v) is 13.8. The maximum absolute atomic E-state index is 5.88. The van der Waals surface area contributed by atoms with E-state index in [1.165, 1.54) is 5.56 Å². The third kappa shape index (κ3) is 3.90. The van der Waals surface area contributed by atoms with Gasteiger partial charge in [0.15, 0.2) is 0 Å². The number of benzene rings is 1. The van der Waals surface area contributed by atoms with Crippen molar-refractivity contribution in [1.82, 2.24) is 0 Å². The smallest absolute Gasteiger partial charge is 0.370 e. The van der Waals surface area contributed by atoms with E-state index in [2.05, 4.69) is 28.1 Å². The standard InChI is InChI=1S/C13H21BrO3Si/c1-4-15-18(16-5-2,17-6-3)13-9-7-8-12(10-13)11-14/h7-10H,4-6,11H2,1-3H3. The van der Waals surface area contributed by atoms with Crippen LogP contribution in [0.3, 0.4) is 0 Å². The lowest BCUT2D eigenvalue weighted by Gasteiger charge is -2.28. The van der Waals surface area contributed by atoms with Gasteiger partial charge in [-0.15, -0.1) is 0 Å². The zero-order valence-electron chi connectivity index (χ0n) is 11.2. The first-order chi connectivity index (χ1) is 8.72. The van der Waals surface area contributed by atoms with Crippen LogP contribution in [0.5, 0.6) is 0 Å². The second kappa shape index (κ2) is 8.07. The third-order valence-corrected chi connectivity index (χ3v) is 6.11. The van der Waals surface area contributed by atoms with Crippen molar-refractivity contribution in [2.45, 2.75) is 26.1 Å². The highest BCUT2D eigenvalue weighted by molar-refractivity contribution is 9.08. The molecule has 1 aromatic carbocycles. The minimum absolute atomic E-state index is 0.588. The summed E-state index contributed by atoms with van der Waals surface area (Å²) in [5.74, 6) is 0. The summed E-state index contributed by atoms with van der Waals surface area (Å²) in [4.78, 5) is 0. The molecule has 5 heteroatoms. The number of hydrogen-bond donors (Lipinski definition) is 0. The molecule has 0 N–H and O–H groups in total. The Morgan fingerprint density at radius 1 is 1.00 bits per heavy atom. The molecule has 0 bridgehead atoms. The second-order valence-corrected chi connectivity index (χ2v) is 6.81. The fraction of sp³-hybridized carbons (Fsp3) is 0.538. The quantitative estimate of drug-likeness (QED) is 0.541. The van der Waals surface area contributed by atoms with Crippen molar-refractivity contribution in [1.29, 1.82) is 0 Å². The summed E-state index contributed by atoms with van der Waals surface area (Å²) < 4.78 is 17.6. The molecule has 0 aliphatic carbocycles. The molecule has 1 rings (SSSR count). The van der Waals surface area contributed by atoms with Crippen molar-refractivity contribution in [3.05, 3.63) is 29.8 Å². The van der Waals surface area contributed by atoms with E-state index in [4.69, 9.17) is 13.3 Å². The Balaban J connectivity index is 3.12. The molecule has 0 aromatic heterocycles. The van der Waals surface area contributed by atoms with E-state index in [0.717, 1.165) is 10.5 Å². The first-order valence-electron chi connectivity index (χ1n) is 6.29. The van der Waals surface area contributed by atoms with Crippen LogP contribution >= 0.6 is 15.9 Å². The van der Waals surface area contributed by atoms with E-state index in [9.17, 15) is 0 Å². The van der Waals surface area contributed by atoms with Crippen LogP contribution in [-0.4, -0.2) is 28.6 Å². The Bertz CT molecular complexity index is 343. The third-order valence-electron chi connectivity index (χ3n) is 2.44. The van der Waals surface area contributed by atoms with Crippen LogP contribution in [0.25, 0.3) is 0 Å². The van der Waals surface area contributed by atoms with Crippen molar-refractivity contribution in [2.75, 3.05) is 19.8 Å². The van der Waals surface area contributed by atoms with Crippen LogP contribution < -0.4 is 5.19 Å².